The summed E-state index contributed by atoms with van der Waals surface area (Å²) in [4.78, 5) is 17.4. The molecule has 0 saturated carbocycles. The van der Waals surface area contributed by atoms with Crippen LogP contribution in [0.25, 0.3) is 16.7 Å². The third-order valence-corrected chi connectivity index (χ3v) is 4.69. The van der Waals surface area contributed by atoms with Gasteiger partial charge in [0.25, 0.3) is 5.91 Å². The number of para-hydroxylation sites is 1. The van der Waals surface area contributed by atoms with Crippen molar-refractivity contribution in [3.05, 3.63) is 83.0 Å². The number of rotatable bonds is 3. The first kappa shape index (κ1) is 17.4. The van der Waals surface area contributed by atoms with Gasteiger partial charge in [0, 0.05) is 10.9 Å². The first-order chi connectivity index (χ1) is 13.6. The zero-order valence-electron chi connectivity index (χ0n) is 15.5. The summed E-state index contributed by atoms with van der Waals surface area (Å²) in [6.07, 6.45) is 1.42. The molecule has 4 aromatic rings. The maximum Gasteiger partial charge on any atom is 0.256 e. The van der Waals surface area contributed by atoms with E-state index in [-0.39, 0.29) is 11.5 Å². The molecule has 0 spiro atoms. The van der Waals surface area contributed by atoms with Crippen molar-refractivity contribution < 1.29 is 4.79 Å². The minimum absolute atomic E-state index is 0.271. The molecule has 6 nitrogen and oxygen atoms in total. The molecule has 0 aliphatic heterocycles. The van der Waals surface area contributed by atoms with Crippen molar-refractivity contribution in [3.63, 3.8) is 0 Å². The average molecular weight is 367 g/mol. The summed E-state index contributed by atoms with van der Waals surface area (Å²) in [5, 5.41) is 17.5. The lowest BCUT2D eigenvalue weighted by molar-refractivity contribution is 0.102. The Morgan fingerprint density at radius 3 is 2.68 bits per heavy atom. The Kier molecular flexibility index (Phi) is 4.34. The zero-order chi connectivity index (χ0) is 19.7. The number of aromatic nitrogens is 3. The van der Waals surface area contributed by atoms with Crippen molar-refractivity contribution in [1.29, 1.82) is 5.26 Å². The highest BCUT2D eigenvalue weighted by Gasteiger charge is 2.17. The topological polar surface area (TPSA) is 83.6 Å². The lowest BCUT2D eigenvalue weighted by Gasteiger charge is -2.10. The van der Waals surface area contributed by atoms with Gasteiger partial charge in [0.05, 0.1) is 11.7 Å². The minimum atomic E-state index is -0.304. The van der Waals surface area contributed by atoms with Crippen molar-refractivity contribution in [2.24, 2.45) is 0 Å². The van der Waals surface area contributed by atoms with Crippen LogP contribution in [0.5, 0.6) is 0 Å². The van der Waals surface area contributed by atoms with Crippen LogP contribution in [0.3, 0.4) is 0 Å². The molecule has 2 aromatic heterocycles. The van der Waals surface area contributed by atoms with E-state index in [1.54, 1.807) is 6.07 Å². The van der Waals surface area contributed by atoms with Crippen molar-refractivity contribution in [1.82, 2.24) is 14.8 Å². The molecule has 0 bridgehead atoms. The highest BCUT2D eigenvalue weighted by molar-refractivity contribution is 6.04. The fourth-order valence-corrected chi connectivity index (χ4v) is 2.96. The number of pyridine rings is 1. The van der Waals surface area contributed by atoms with E-state index >= 15 is 0 Å². The Bertz CT molecular complexity index is 1250. The second kappa shape index (κ2) is 6.97. The maximum absolute atomic E-state index is 12.8. The predicted octanol–water partition coefficient (Wildman–Crippen LogP) is 4.16. The Morgan fingerprint density at radius 2 is 1.89 bits per heavy atom. The third-order valence-electron chi connectivity index (χ3n) is 4.69. The number of carbonyl (C=O) groups excluding carboxylic acids is 1. The Morgan fingerprint density at radius 1 is 1.07 bits per heavy atom. The Hall–Kier alpha value is -3.98. The quantitative estimate of drug-likeness (QED) is 0.589. The number of aryl methyl sites for hydroxylation is 2. The van der Waals surface area contributed by atoms with Crippen LogP contribution in [0.2, 0.25) is 0 Å². The van der Waals surface area contributed by atoms with Gasteiger partial charge in [-0.1, -0.05) is 24.3 Å². The number of fused-ring (bicyclic) bond motifs is 1. The van der Waals surface area contributed by atoms with Gasteiger partial charge in [0.1, 0.15) is 11.6 Å². The molecule has 0 fully saturated rings. The summed E-state index contributed by atoms with van der Waals surface area (Å²) in [6, 6.07) is 19.0. The summed E-state index contributed by atoms with van der Waals surface area (Å²) >= 11 is 0. The standard InChI is InChI=1S/C22H17N5O/c1-14-7-8-17(11-15(14)2)22(28)26-21-18(12-23)13-24-27(21)20-10-9-16-5-3-4-6-19(16)25-20/h3-11,13H,1-2H3,(H,26,28). The number of benzene rings is 2. The third kappa shape index (κ3) is 3.10. The van der Waals surface area contributed by atoms with E-state index in [9.17, 15) is 10.1 Å². The first-order valence-electron chi connectivity index (χ1n) is 8.80. The van der Waals surface area contributed by atoms with Crippen LogP contribution in [-0.2, 0) is 0 Å². The summed E-state index contributed by atoms with van der Waals surface area (Å²) in [7, 11) is 0. The van der Waals surface area contributed by atoms with Gasteiger partial charge in [-0.2, -0.15) is 15.0 Å². The van der Waals surface area contributed by atoms with E-state index in [0.717, 1.165) is 22.0 Å². The van der Waals surface area contributed by atoms with E-state index < -0.39 is 0 Å². The highest BCUT2D eigenvalue weighted by atomic mass is 16.1. The van der Waals surface area contributed by atoms with Gasteiger partial charge in [0.15, 0.2) is 11.6 Å². The molecule has 28 heavy (non-hydrogen) atoms. The SMILES string of the molecule is Cc1ccc(C(=O)Nc2c(C#N)cnn2-c2ccc3ccccc3n2)cc1C. The van der Waals surface area contributed by atoms with Crippen LogP contribution >= 0.6 is 0 Å². The highest BCUT2D eigenvalue weighted by Crippen LogP contribution is 2.22. The average Bonchev–Trinajstić information content (AvgIpc) is 3.12. The van der Waals surface area contributed by atoms with Crippen molar-refractivity contribution in [2.45, 2.75) is 13.8 Å². The first-order valence-corrected chi connectivity index (χ1v) is 8.80. The zero-order valence-corrected chi connectivity index (χ0v) is 15.5. The van der Waals surface area contributed by atoms with Crippen LogP contribution in [0, 0.1) is 25.2 Å². The van der Waals surface area contributed by atoms with Crippen molar-refractivity contribution in [3.8, 4) is 11.9 Å². The van der Waals surface area contributed by atoms with E-state index in [0.29, 0.717) is 17.2 Å². The van der Waals surface area contributed by atoms with Gasteiger partial charge >= 0.3 is 0 Å². The molecule has 6 heteroatoms. The maximum atomic E-state index is 12.8. The van der Waals surface area contributed by atoms with Crippen molar-refractivity contribution >= 4 is 22.6 Å². The second-order valence-corrected chi connectivity index (χ2v) is 6.55. The molecule has 0 saturated heterocycles. The van der Waals surface area contributed by atoms with Crippen LogP contribution in [-0.4, -0.2) is 20.7 Å². The Labute approximate surface area is 162 Å². The normalized spacial score (nSPS) is 10.6. The molecule has 136 valence electrons. The molecule has 1 N–H and O–H groups in total. The Balaban J connectivity index is 1.74. The smallest absolute Gasteiger partial charge is 0.256 e. The number of hydrogen-bond donors (Lipinski definition) is 1. The number of nitrogens with one attached hydrogen (secondary N) is 1. The van der Waals surface area contributed by atoms with Gasteiger partial charge in [-0.05, 0) is 55.3 Å². The largest absolute Gasteiger partial charge is 0.305 e. The molecule has 0 aliphatic carbocycles. The lowest BCUT2D eigenvalue weighted by atomic mass is 10.1. The summed E-state index contributed by atoms with van der Waals surface area (Å²) < 4.78 is 1.48. The van der Waals surface area contributed by atoms with Gasteiger partial charge < -0.3 is 5.32 Å². The molecule has 0 atom stereocenters. The van der Waals surface area contributed by atoms with Crippen LogP contribution in [0.15, 0.2) is 60.8 Å². The molecule has 1 amide bonds. The number of hydrogen-bond acceptors (Lipinski definition) is 4. The molecule has 0 radical (unpaired) electrons. The lowest BCUT2D eigenvalue weighted by Crippen LogP contribution is -2.16. The van der Waals surface area contributed by atoms with Gasteiger partial charge in [-0.3, -0.25) is 4.79 Å². The molecule has 2 aromatic carbocycles. The summed E-state index contributed by atoms with van der Waals surface area (Å²) in [5.41, 5.74) is 3.73. The van der Waals surface area contributed by atoms with E-state index in [1.165, 1.54) is 10.9 Å². The summed E-state index contributed by atoms with van der Waals surface area (Å²) in [6.45, 7) is 3.95. The van der Waals surface area contributed by atoms with Crippen molar-refractivity contribution in [2.75, 3.05) is 5.32 Å². The molecule has 4 rings (SSSR count). The summed E-state index contributed by atoms with van der Waals surface area (Å²) in [5.74, 6) is 0.520. The van der Waals surface area contributed by atoms with Gasteiger partial charge in [-0.25, -0.2) is 4.98 Å². The minimum Gasteiger partial charge on any atom is -0.305 e. The number of nitriles is 1. The fraction of sp³-hybridized carbons (Fsp3) is 0.0909. The van der Waals surface area contributed by atoms with Gasteiger partial charge in [0.2, 0.25) is 0 Å². The molecular formula is C22H17N5O. The molecule has 0 unspecified atom stereocenters. The van der Waals surface area contributed by atoms with Crippen LogP contribution < -0.4 is 5.32 Å². The van der Waals surface area contributed by atoms with E-state index in [2.05, 4.69) is 21.5 Å². The van der Waals surface area contributed by atoms with E-state index in [4.69, 9.17) is 0 Å². The van der Waals surface area contributed by atoms with Crippen LogP contribution in [0.1, 0.15) is 27.0 Å². The monoisotopic (exact) mass is 367 g/mol. The van der Waals surface area contributed by atoms with Gasteiger partial charge in [-0.15, -0.1) is 0 Å². The number of carbonyl (C=O) groups is 1. The molecule has 0 aliphatic rings. The second-order valence-electron chi connectivity index (χ2n) is 6.55. The number of anilines is 1. The van der Waals surface area contributed by atoms with Crippen LogP contribution in [0.4, 0.5) is 5.82 Å². The molecule has 2 heterocycles. The predicted molar refractivity (Wildman–Crippen MR) is 107 cm³/mol. The number of nitrogens with zero attached hydrogens (tertiary/aromatic N) is 4. The number of amides is 1. The molecular weight excluding hydrogens is 350 g/mol. The fourth-order valence-electron chi connectivity index (χ4n) is 2.96. The van der Waals surface area contributed by atoms with E-state index in [1.807, 2.05) is 62.4 Å².